The van der Waals surface area contributed by atoms with Crippen molar-refractivity contribution in [3.63, 3.8) is 0 Å². The predicted molar refractivity (Wildman–Crippen MR) is 77.9 cm³/mol. The second-order valence-electron chi connectivity index (χ2n) is 5.42. The maximum absolute atomic E-state index is 12.4. The lowest BCUT2D eigenvalue weighted by Crippen LogP contribution is -2.37. The van der Waals surface area contributed by atoms with Crippen LogP contribution in [0.1, 0.15) is 32.8 Å². The highest BCUT2D eigenvalue weighted by atomic mass is 16.5. The summed E-state index contributed by atoms with van der Waals surface area (Å²) in [6.07, 6.45) is 0.800. The highest BCUT2D eigenvalue weighted by Crippen LogP contribution is 2.25. The number of pyridine rings is 1. The topological polar surface area (TPSA) is 51.7 Å². The molecule has 0 saturated heterocycles. The van der Waals surface area contributed by atoms with Crippen LogP contribution in [0, 0.1) is 5.41 Å². The van der Waals surface area contributed by atoms with Gasteiger partial charge in [-0.1, -0.05) is 20.8 Å². The predicted octanol–water partition coefficient (Wildman–Crippen LogP) is 2.49. The minimum absolute atomic E-state index is 0.109. The maximum Gasteiger partial charge on any atom is 0.228 e. The summed E-state index contributed by atoms with van der Waals surface area (Å²) >= 11 is 0. The number of aromatic nitrogens is 1. The summed E-state index contributed by atoms with van der Waals surface area (Å²) in [4.78, 5) is 18.3. The number of hydrogen-bond donors (Lipinski definition) is 0. The molecule has 112 valence electrons. The highest BCUT2D eigenvalue weighted by Gasteiger charge is 2.28. The fourth-order valence-corrected chi connectivity index (χ4v) is 1.86. The van der Waals surface area contributed by atoms with Gasteiger partial charge in [-0.25, -0.2) is 0 Å². The van der Waals surface area contributed by atoms with E-state index in [9.17, 15) is 4.79 Å². The molecule has 1 aromatic rings. The smallest absolute Gasteiger partial charge is 0.228 e. The van der Waals surface area contributed by atoms with E-state index in [0.717, 1.165) is 12.0 Å². The van der Waals surface area contributed by atoms with Crippen LogP contribution in [0.15, 0.2) is 12.1 Å². The van der Waals surface area contributed by atoms with E-state index in [1.165, 1.54) is 0 Å². The van der Waals surface area contributed by atoms with Crippen molar-refractivity contribution in [1.29, 1.82) is 0 Å². The second kappa shape index (κ2) is 6.59. The van der Waals surface area contributed by atoms with Crippen LogP contribution in [0.4, 0.5) is 0 Å². The Kier molecular flexibility index (Phi) is 5.36. The minimum Gasteiger partial charge on any atom is -0.481 e. The molecule has 1 heterocycles. The monoisotopic (exact) mass is 280 g/mol. The van der Waals surface area contributed by atoms with Gasteiger partial charge in [0, 0.05) is 24.1 Å². The van der Waals surface area contributed by atoms with Crippen molar-refractivity contribution < 1.29 is 14.3 Å². The quantitative estimate of drug-likeness (QED) is 0.803. The zero-order valence-corrected chi connectivity index (χ0v) is 13.2. The van der Waals surface area contributed by atoms with Crippen LogP contribution in [0.5, 0.6) is 11.8 Å². The van der Waals surface area contributed by atoms with E-state index in [1.54, 1.807) is 32.2 Å². The van der Waals surface area contributed by atoms with Crippen molar-refractivity contribution in [1.82, 2.24) is 9.88 Å². The second-order valence-corrected chi connectivity index (χ2v) is 5.42. The van der Waals surface area contributed by atoms with Crippen LogP contribution < -0.4 is 9.47 Å². The number of carbonyl (C=O) groups is 1. The van der Waals surface area contributed by atoms with Crippen LogP contribution in [-0.4, -0.2) is 37.1 Å². The minimum atomic E-state index is -0.359. The summed E-state index contributed by atoms with van der Waals surface area (Å²) in [6, 6.07) is 3.63. The van der Waals surface area contributed by atoms with Gasteiger partial charge in [-0.2, -0.15) is 4.98 Å². The van der Waals surface area contributed by atoms with Gasteiger partial charge < -0.3 is 14.4 Å². The molecule has 0 aliphatic heterocycles. The van der Waals surface area contributed by atoms with E-state index in [0.29, 0.717) is 18.3 Å². The first kappa shape index (κ1) is 16.3. The van der Waals surface area contributed by atoms with Crippen molar-refractivity contribution in [3.05, 3.63) is 17.7 Å². The number of amides is 1. The standard InChI is InChI=1S/C15H24N2O3/c1-7-15(2,3)14(18)17(4)10-11-8-9-12(19-5)16-13(11)20-6/h8-9H,7,10H2,1-6H3. The molecule has 5 heteroatoms. The van der Waals surface area contributed by atoms with E-state index in [4.69, 9.17) is 9.47 Å². The Morgan fingerprint density at radius 3 is 2.45 bits per heavy atom. The fourth-order valence-electron chi connectivity index (χ4n) is 1.86. The number of ether oxygens (including phenoxy) is 2. The van der Waals surface area contributed by atoms with E-state index < -0.39 is 0 Å². The van der Waals surface area contributed by atoms with Gasteiger partial charge in [-0.05, 0) is 12.5 Å². The third-order valence-electron chi connectivity index (χ3n) is 3.53. The Balaban J connectivity index is 2.90. The van der Waals surface area contributed by atoms with Gasteiger partial charge in [-0.3, -0.25) is 4.79 Å². The number of hydrogen-bond acceptors (Lipinski definition) is 4. The fraction of sp³-hybridized carbons (Fsp3) is 0.600. The molecule has 20 heavy (non-hydrogen) atoms. The molecule has 0 aliphatic carbocycles. The number of rotatable bonds is 6. The van der Waals surface area contributed by atoms with Crippen molar-refractivity contribution in [3.8, 4) is 11.8 Å². The maximum atomic E-state index is 12.4. The zero-order valence-electron chi connectivity index (χ0n) is 13.2. The van der Waals surface area contributed by atoms with Gasteiger partial charge in [0.05, 0.1) is 20.8 Å². The average molecular weight is 280 g/mol. The lowest BCUT2D eigenvalue weighted by Gasteiger charge is -2.28. The van der Waals surface area contributed by atoms with Gasteiger partial charge in [0.15, 0.2) is 0 Å². The molecular formula is C15H24N2O3. The molecule has 0 N–H and O–H groups in total. The molecule has 0 fully saturated rings. The van der Waals surface area contributed by atoms with E-state index in [1.807, 2.05) is 26.8 Å². The molecule has 0 aliphatic rings. The third-order valence-corrected chi connectivity index (χ3v) is 3.53. The Bertz CT molecular complexity index is 472. The number of carbonyl (C=O) groups excluding carboxylic acids is 1. The number of nitrogens with zero attached hydrogens (tertiary/aromatic N) is 2. The Morgan fingerprint density at radius 2 is 1.95 bits per heavy atom. The molecule has 1 rings (SSSR count). The summed E-state index contributed by atoms with van der Waals surface area (Å²) in [7, 11) is 4.91. The van der Waals surface area contributed by atoms with Gasteiger partial charge >= 0.3 is 0 Å². The molecule has 1 amide bonds. The Labute approximate surface area is 120 Å². The largest absolute Gasteiger partial charge is 0.481 e. The molecular weight excluding hydrogens is 256 g/mol. The molecule has 0 aromatic carbocycles. The van der Waals surface area contributed by atoms with E-state index in [2.05, 4.69) is 4.98 Å². The first-order chi connectivity index (χ1) is 9.35. The Morgan fingerprint density at radius 1 is 1.30 bits per heavy atom. The summed E-state index contributed by atoms with van der Waals surface area (Å²) in [6.45, 7) is 6.38. The Hall–Kier alpha value is -1.78. The molecule has 0 atom stereocenters. The lowest BCUT2D eigenvalue weighted by atomic mass is 9.88. The van der Waals surface area contributed by atoms with Crippen molar-refractivity contribution in [2.75, 3.05) is 21.3 Å². The third kappa shape index (κ3) is 3.62. The lowest BCUT2D eigenvalue weighted by molar-refractivity contribution is -0.139. The molecule has 0 radical (unpaired) electrons. The normalized spacial score (nSPS) is 11.1. The SMILES string of the molecule is CCC(C)(C)C(=O)N(C)Cc1ccc(OC)nc1OC. The first-order valence-electron chi connectivity index (χ1n) is 6.69. The molecule has 5 nitrogen and oxygen atoms in total. The van der Waals surface area contributed by atoms with Crippen LogP contribution in [-0.2, 0) is 11.3 Å². The summed E-state index contributed by atoms with van der Waals surface area (Å²) < 4.78 is 10.3. The summed E-state index contributed by atoms with van der Waals surface area (Å²) in [5.41, 5.74) is 0.498. The molecule has 0 unspecified atom stereocenters. The van der Waals surface area contributed by atoms with E-state index >= 15 is 0 Å². The van der Waals surface area contributed by atoms with Gasteiger partial charge in [0.1, 0.15) is 0 Å². The highest BCUT2D eigenvalue weighted by molar-refractivity contribution is 5.81. The van der Waals surface area contributed by atoms with Crippen molar-refractivity contribution in [2.45, 2.75) is 33.7 Å². The summed E-state index contributed by atoms with van der Waals surface area (Å²) in [5.74, 6) is 1.09. The number of methoxy groups -OCH3 is 2. The molecule has 0 spiro atoms. The first-order valence-corrected chi connectivity index (χ1v) is 6.69. The van der Waals surface area contributed by atoms with Crippen molar-refractivity contribution in [2.24, 2.45) is 5.41 Å². The molecule has 0 bridgehead atoms. The van der Waals surface area contributed by atoms with Crippen LogP contribution in [0.25, 0.3) is 0 Å². The molecule has 0 saturated carbocycles. The van der Waals surface area contributed by atoms with Crippen LogP contribution in [0.2, 0.25) is 0 Å². The van der Waals surface area contributed by atoms with E-state index in [-0.39, 0.29) is 11.3 Å². The van der Waals surface area contributed by atoms with Crippen molar-refractivity contribution >= 4 is 5.91 Å². The van der Waals surface area contributed by atoms with Gasteiger partial charge in [-0.15, -0.1) is 0 Å². The van der Waals surface area contributed by atoms with Crippen LogP contribution in [0.3, 0.4) is 0 Å². The summed E-state index contributed by atoms with van der Waals surface area (Å²) in [5, 5.41) is 0. The average Bonchev–Trinajstić information content (AvgIpc) is 2.46. The van der Waals surface area contributed by atoms with Crippen LogP contribution >= 0.6 is 0 Å². The molecule has 1 aromatic heterocycles. The van der Waals surface area contributed by atoms with Gasteiger partial charge in [0.2, 0.25) is 17.7 Å². The zero-order chi connectivity index (χ0) is 15.3. The van der Waals surface area contributed by atoms with Gasteiger partial charge in [0.25, 0.3) is 0 Å².